The predicted octanol–water partition coefficient (Wildman–Crippen LogP) is 3.75. The number of amides is 1. The van der Waals surface area contributed by atoms with E-state index in [4.69, 9.17) is 0 Å². The third kappa shape index (κ3) is 4.29. The van der Waals surface area contributed by atoms with Crippen LogP contribution in [0.5, 0.6) is 0 Å². The largest absolute Gasteiger partial charge is 0.387 e. The monoisotopic (exact) mass is 397 g/mol. The zero-order valence-corrected chi connectivity index (χ0v) is 17.0. The molecule has 3 aromatic rings. The van der Waals surface area contributed by atoms with Crippen molar-refractivity contribution in [1.29, 1.82) is 0 Å². The van der Waals surface area contributed by atoms with Crippen molar-refractivity contribution in [3.63, 3.8) is 0 Å². The summed E-state index contributed by atoms with van der Waals surface area (Å²) in [5.74, 6) is 0.570. The van der Waals surface area contributed by atoms with E-state index in [9.17, 15) is 9.90 Å². The molecule has 1 unspecified atom stereocenters. The zero-order chi connectivity index (χ0) is 19.5. The van der Waals surface area contributed by atoms with Crippen LogP contribution in [0, 0.1) is 5.92 Å². The maximum absolute atomic E-state index is 12.7. The van der Waals surface area contributed by atoms with Crippen LogP contribution in [0.3, 0.4) is 0 Å². The van der Waals surface area contributed by atoms with Gasteiger partial charge >= 0.3 is 0 Å². The van der Waals surface area contributed by atoms with Crippen molar-refractivity contribution in [1.82, 2.24) is 14.8 Å². The smallest absolute Gasteiger partial charge is 0.270 e. The fraction of sp³-hybridized carbons (Fsp3) is 0.409. The molecule has 2 aromatic heterocycles. The van der Waals surface area contributed by atoms with E-state index in [2.05, 4.69) is 9.88 Å². The van der Waals surface area contributed by atoms with E-state index in [0.717, 1.165) is 48.3 Å². The van der Waals surface area contributed by atoms with Crippen LogP contribution in [0.2, 0.25) is 0 Å². The maximum atomic E-state index is 12.7. The normalized spacial score (nSPS) is 17.1. The Morgan fingerprint density at radius 1 is 1.29 bits per heavy atom. The van der Waals surface area contributed by atoms with Crippen LogP contribution in [0.25, 0.3) is 10.2 Å². The summed E-state index contributed by atoms with van der Waals surface area (Å²) < 4.78 is 1.13. The highest BCUT2D eigenvalue weighted by molar-refractivity contribution is 7.17. The Balaban J connectivity index is 1.25. The highest BCUT2D eigenvalue weighted by Gasteiger charge is 2.24. The minimum Gasteiger partial charge on any atom is -0.387 e. The number of aliphatic hydroxyl groups excluding tert-OH is 1. The molecule has 1 atom stereocenters. The van der Waals surface area contributed by atoms with Gasteiger partial charge in [-0.15, -0.1) is 11.3 Å². The van der Waals surface area contributed by atoms with Gasteiger partial charge in [0.2, 0.25) is 0 Å². The second-order valence-electron chi connectivity index (χ2n) is 7.74. The highest BCUT2D eigenvalue weighted by Crippen LogP contribution is 2.24. The Labute approximate surface area is 169 Å². The van der Waals surface area contributed by atoms with Gasteiger partial charge in [0.15, 0.2) is 0 Å². The Bertz CT molecular complexity index is 884. The zero-order valence-electron chi connectivity index (χ0n) is 16.2. The number of piperidine rings is 1. The molecule has 1 aliphatic rings. The van der Waals surface area contributed by atoms with Gasteiger partial charge in [-0.25, -0.2) is 0 Å². The average Bonchev–Trinajstić information content (AvgIpc) is 3.32. The lowest BCUT2D eigenvalue weighted by atomic mass is 9.95. The van der Waals surface area contributed by atoms with E-state index >= 15 is 0 Å². The first kappa shape index (κ1) is 19.2. The number of thiophene rings is 1. The van der Waals surface area contributed by atoms with Gasteiger partial charge in [-0.1, -0.05) is 30.3 Å². The van der Waals surface area contributed by atoms with Crippen molar-refractivity contribution in [2.45, 2.75) is 18.9 Å². The molecule has 1 aromatic carbocycles. The van der Waals surface area contributed by atoms with Crippen LogP contribution in [-0.2, 0) is 0 Å². The van der Waals surface area contributed by atoms with E-state index in [1.54, 1.807) is 11.3 Å². The van der Waals surface area contributed by atoms with E-state index in [-0.39, 0.29) is 5.91 Å². The first-order valence-corrected chi connectivity index (χ1v) is 10.7. The average molecular weight is 398 g/mol. The number of benzene rings is 1. The Morgan fingerprint density at radius 2 is 2.04 bits per heavy atom. The summed E-state index contributed by atoms with van der Waals surface area (Å²) in [6.45, 7) is 3.38. The van der Waals surface area contributed by atoms with Gasteiger partial charge in [0.1, 0.15) is 5.69 Å². The van der Waals surface area contributed by atoms with Gasteiger partial charge in [-0.2, -0.15) is 0 Å². The van der Waals surface area contributed by atoms with E-state index < -0.39 is 6.10 Å². The van der Waals surface area contributed by atoms with Gasteiger partial charge < -0.3 is 19.9 Å². The van der Waals surface area contributed by atoms with E-state index in [0.29, 0.717) is 18.2 Å². The molecule has 2 N–H and O–H groups in total. The predicted molar refractivity (Wildman–Crippen MR) is 114 cm³/mol. The van der Waals surface area contributed by atoms with E-state index in [1.165, 1.54) is 0 Å². The number of fused-ring (bicyclic) bond motifs is 1. The number of aromatic amines is 1. The molecule has 1 amide bonds. The summed E-state index contributed by atoms with van der Waals surface area (Å²) in [6, 6.07) is 13.8. The summed E-state index contributed by atoms with van der Waals surface area (Å²) in [7, 11) is 1.89. The number of aromatic nitrogens is 1. The van der Waals surface area contributed by atoms with Gasteiger partial charge in [-0.05, 0) is 54.9 Å². The number of rotatable bonds is 6. The SMILES string of the molecule is CN(CC1CCN(CC(O)c2ccccc2)CC1)C(=O)c1cc2sccc2[nH]1. The third-order valence-corrected chi connectivity index (χ3v) is 6.54. The molecule has 5 nitrogen and oxygen atoms in total. The molecule has 6 heteroatoms. The van der Waals surface area contributed by atoms with Crippen molar-refractivity contribution in [3.05, 3.63) is 59.1 Å². The number of β-amino-alcohol motifs (C(OH)–C–C–N with tert-alkyl or cyclic N) is 1. The Kier molecular flexibility index (Phi) is 5.80. The van der Waals surface area contributed by atoms with Crippen molar-refractivity contribution in [2.24, 2.45) is 5.92 Å². The number of carbonyl (C=O) groups is 1. The Morgan fingerprint density at radius 3 is 2.75 bits per heavy atom. The third-order valence-electron chi connectivity index (χ3n) is 5.67. The van der Waals surface area contributed by atoms with Crippen LogP contribution < -0.4 is 0 Å². The van der Waals surface area contributed by atoms with Crippen LogP contribution >= 0.6 is 11.3 Å². The highest BCUT2D eigenvalue weighted by atomic mass is 32.1. The number of hydrogen-bond donors (Lipinski definition) is 2. The molecule has 148 valence electrons. The molecular weight excluding hydrogens is 370 g/mol. The fourth-order valence-corrected chi connectivity index (χ4v) is 4.80. The molecule has 0 aliphatic carbocycles. The minimum absolute atomic E-state index is 0.0605. The van der Waals surface area contributed by atoms with Gasteiger partial charge in [-0.3, -0.25) is 4.79 Å². The molecule has 0 saturated carbocycles. The summed E-state index contributed by atoms with van der Waals surface area (Å²) in [4.78, 5) is 20.1. The number of nitrogens with one attached hydrogen (secondary N) is 1. The van der Waals surface area contributed by atoms with Crippen molar-refractivity contribution >= 4 is 27.5 Å². The molecule has 1 aliphatic heterocycles. The van der Waals surface area contributed by atoms with Crippen LogP contribution in [0.1, 0.15) is 35.0 Å². The lowest BCUT2D eigenvalue weighted by Crippen LogP contribution is -2.40. The Hall–Kier alpha value is -2.15. The van der Waals surface area contributed by atoms with Gasteiger partial charge in [0.25, 0.3) is 5.91 Å². The molecule has 28 heavy (non-hydrogen) atoms. The molecule has 0 radical (unpaired) electrons. The lowest BCUT2D eigenvalue weighted by Gasteiger charge is -2.34. The molecule has 1 fully saturated rings. The lowest BCUT2D eigenvalue weighted by molar-refractivity contribution is 0.0678. The number of nitrogens with zero attached hydrogens (tertiary/aromatic N) is 2. The van der Waals surface area contributed by atoms with E-state index in [1.807, 2.05) is 59.8 Å². The van der Waals surface area contributed by atoms with Crippen LogP contribution in [0.4, 0.5) is 0 Å². The quantitative estimate of drug-likeness (QED) is 0.666. The molecule has 3 heterocycles. The number of hydrogen-bond acceptors (Lipinski definition) is 4. The number of aliphatic hydroxyl groups is 1. The first-order valence-electron chi connectivity index (χ1n) is 9.87. The second kappa shape index (κ2) is 8.47. The fourth-order valence-electron chi connectivity index (χ4n) is 4.02. The van der Waals surface area contributed by atoms with Crippen LogP contribution in [0.15, 0.2) is 47.8 Å². The van der Waals surface area contributed by atoms with Gasteiger partial charge in [0, 0.05) is 20.1 Å². The molecular formula is C22H27N3O2S. The molecule has 0 bridgehead atoms. The second-order valence-corrected chi connectivity index (χ2v) is 8.69. The summed E-state index contributed by atoms with van der Waals surface area (Å²) in [5, 5.41) is 12.5. The number of H-pyrrole nitrogens is 1. The number of carbonyl (C=O) groups excluding carboxylic acids is 1. The van der Waals surface area contributed by atoms with Crippen molar-refractivity contribution in [2.75, 3.05) is 33.2 Å². The molecule has 4 rings (SSSR count). The first-order chi connectivity index (χ1) is 13.6. The number of likely N-dealkylation sites (tertiary alicyclic amines) is 1. The van der Waals surface area contributed by atoms with Crippen LogP contribution in [-0.4, -0.2) is 59.0 Å². The molecule has 0 spiro atoms. The van der Waals surface area contributed by atoms with Gasteiger partial charge in [0.05, 0.1) is 16.3 Å². The summed E-state index contributed by atoms with van der Waals surface area (Å²) >= 11 is 1.65. The maximum Gasteiger partial charge on any atom is 0.270 e. The summed E-state index contributed by atoms with van der Waals surface area (Å²) in [5.41, 5.74) is 2.68. The minimum atomic E-state index is -0.441. The molecule has 1 saturated heterocycles. The van der Waals surface area contributed by atoms with Crippen molar-refractivity contribution in [3.8, 4) is 0 Å². The van der Waals surface area contributed by atoms with Crippen molar-refractivity contribution < 1.29 is 9.90 Å². The standard InChI is InChI=1S/C22H27N3O2S/c1-24(22(27)19-13-21-18(23-19)9-12-28-21)14-16-7-10-25(11-8-16)15-20(26)17-5-3-2-4-6-17/h2-6,9,12-13,16,20,23,26H,7-8,10-11,14-15H2,1H3. The topological polar surface area (TPSA) is 59.6 Å². The summed E-state index contributed by atoms with van der Waals surface area (Å²) in [6.07, 6.45) is 1.67.